The average molecular weight is 473 g/mol. The molecule has 0 spiro atoms. The Hall–Kier alpha value is -1.91. The van der Waals surface area contributed by atoms with Gasteiger partial charge in [-0.25, -0.2) is 0 Å². The second-order valence-electron chi connectivity index (χ2n) is 11.6. The molecule has 0 aromatic heterocycles. The van der Waals surface area contributed by atoms with E-state index in [1.807, 2.05) is 0 Å². The zero-order chi connectivity index (χ0) is 24.9. The standard InChI is InChI=1S/C33H45P/c1-9-25(2)32(3,4)24-30(26-16-12-10-13-17-26)33(5,6)31(27-18-14-11-15-19-27)28-20-22-29(23-21-28)34(7)8/h10-23,25,30-31H,9,24H2,1-8H3. The van der Waals surface area contributed by atoms with Crippen LogP contribution in [0.1, 0.15) is 82.9 Å². The van der Waals surface area contributed by atoms with E-state index in [1.165, 1.54) is 34.8 Å². The highest BCUT2D eigenvalue weighted by Gasteiger charge is 2.43. The van der Waals surface area contributed by atoms with Crippen LogP contribution in [0.2, 0.25) is 0 Å². The Balaban J connectivity index is 2.15. The van der Waals surface area contributed by atoms with Gasteiger partial charge in [-0.1, -0.05) is 141 Å². The van der Waals surface area contributed by atoms with Gasteiger partial charge in [-0.15, -0.1) is 0 Å². The maximum Gasteiger partial charge on any atom is 0.0146 e. The highest BCUT2D eigenvalue weighted by molar-refractivity contribution is 7.64. The summed E-state index contributed by atoms with van der Waals surface area (Å²) < 4.78 is 0. The molecule has 182 valence electrons. The summed E-state index contributed by atoms with van der Waals surface area (Å²) in [6, 6.07) is 32.0. The van der Waals surface area contributed by atoms with Gasteiger partial charge in [-0.05, 0) is 64.4 Å². The van der Waals surface area contributed by atoms with Crippen molar-refractivity contribution in [3.8, 4) is 0 Å². The average Bonchev–Trinajstić information content (AvgIpc) is 2.83. The van der Waals surface area contributed by atoms with E-state index in [1.54, 1.807) is 0 Å². The zero-order valence-electron chi connectivity index (χ0n) is 22.7. The van der Waals surface area contributed by atoms with Crippen molar-refractivity contribution < 1.29 is 0 Å². The molecular formula is C33H45P. The summed E-state index contributed by atoms with van der Waals surface area (Å²) >= 11 is 0. The van der Waals surface area contributed by atoms with Gasteiger partial charge in [0.05, 0.1) is 0 Å². The molecule has 0 aliphatic rings. The third-order valence-corrected chi connectivity index (χ3v) is 9.73. The fourth-order valence-electron chi connectivity index (χ4n) is 5.64. The van der Waals surface area contributed by atoms with E-state index < -0.39 is 0 Å². The Morgan fingerprint density at radius 2 is 1.15 bits per heavy atom. The summed E-state index contributed by atoms with van der Waals surface area (Å²) in [6.07, 6.45) is 2.39. The van der Waals surface area contributed by atoms with Gasteiger partial charge in [0.25, 0.3) is 0 Å². The van der Waals surface area contributed by atoms with E-state index in [0.717, 1.165) is 0 Å². The van der Waals surface area contributed by atoms with Gasteiger partial charge < -0.3 is 0 Å². The lowest BCUT2D eigenvalue weighted by Gasteiger charge is -2.46. The van der Waals surface area contributed by atoms with Crippen LogP contribution in [0, 0.1) is 16.7 Å². The largest absolute Gasteiger partial charge is 0.0817 e. The number of rotatable bonds is 10. The van der Waals surface area contributed by atoms with Crippen molar-refractivity contribution in [2.75, 3.05) is 13.3 Å². The smallest absolute Gasteiger partial charge is 0.0146 e. The van der Waals surface area contributed by atoms with Gasteiger partial charge in [0.1, 0.15) is 0 Å². The number of benzene rings is 3. The normalized spacial score (nSPS) is 15.2. The molecule has 3 aromatic carbocycles. The maximum absolute atomic E-state index is 2.51. The van der Waals surface area contributed by atoms with Crippen molar-refractivity contribution in [1.82, 2.24) is 0 Å². The second-order valence-corrected chi connectivity index (χ2v) is 13.9. The summed E-state index contributed by atoms with van der Waals surface area (Å²) in [5.41, 5.74) is 4.60. The van der Waals surface area contributed by atoms with E-state index in [4.69, 9.17) is 0 Å². The molecule has 0 saturated heterocycles. The Bertz CT molecular complexity index is 999. The molecule has 0 fully saturated rings. The lowest BCUT2D eigenvalue weighted by Crippen LogP contribution is -2.35. The molecule has 0 N–H and O–H groups in total. The van der Waals surface area contributed by atoms with Gasteiger partial charge in [0, 0.05) is 5.92 Å². The van der Waals surface area contributed by atoms with E-state index in [0.29, 0.717) is 17.8 Å². The van der Waals surface area contributed by atoms with Crippen molar-refractivity contribution >= 4 is 13.2 Å². The van der Waals surface area contributed by atoms with Crippen LogP contribution in [-0.4, -0.2) is 13.3 Å². The molecule has 0 aliphatic heterocycles. The molecule has 34 heavy (non-hydrogen) atoms. The molecule has 0 bridgehead atoms. The summed E-state index contributed by atoms with van der Waals surface area (Å²) in [5.74, 6) is 1.44. The van der Waals surface area contributed by atoms with Crippen molar-refractivity contribution in [3.63, 3.8) is 0 Å². The highest BCUT2D eigenvalue weighted by Crippen LogP contribution is 2.54. The lowest BCUT2D eigenvalue weighted by atomic mass is 9.58. The summed E-state index contributed by atoms with van der Waals surface area (Å²) in [7, 11) is -0.0861. The van der Waals surface area contributed by atoms with E-state index in [-0.39, 0.29) is 18.8 Å². The molecule has 0 aliphatic carbocycles. The monoisotopic (exact) mass is 472 g/mol. The lowest BCUT2D eigenvalue weighted by molar-refractivity contribution is 0.131. The Morgan fingerprint density at radius 1 is 0.676 bits per heavy atom. The molecule has 0 radical (unpaired) electrons. The topological polar surface area (TPSA) is 0 Å². The predicted molar refractivity (Wildman–Crippen MR) is 154 cm³/mol. The minimum Gasteiger partial charge on any atom is -0.0817 e. The molecule has 0 heterocycles. The first-order chi connectivity index (χ1) is 16.1. The van der Waals surface area contributed by atoms with Crippen molar-refractivity contribution in [1.29, 1.82) is 0 Å². The Kier molecular flexibility index (Phi) is 8.81. The van der Waals surface area contributed by atoms with Gasteiger partial charge >= 0.3 is 0 Å². The van der Waals surface area contributed by atoms with Crippen LogP contribution < -0.4 is 5.30 Å². The van der Waals surface area contributed by atoms with Crippen LogP contribution in [0.15, 0.2) is 84.9 Å². The first-order valence-corrected chi connectivity index (χ1v) is 15.2. The van der Waals surface area contributed by atoms with Crippen LogP contribution in [0.5, 0.6) is 0 Å². The molecule has 3 rings (SSSR count). The summed E-state index contributed by atoms with van der Waals surface area (Å²) in [5, 5.41) is 1.47. The fourth-order valence-corrected chi connectivity index (χ4v) is 6.38. The van der Waals surface area contributed by atoms with E-state index in [9.17, 15) is 0 Å². The van der Waals surface area contributed by atoms with E-state index in [2.05, 4.69) is 140 Å². The van der Waals surface area contributed by atoms with Gasteiger partial charge in [0.2, 0.25) is 0 Å². The zero-order valence-corrected chi connectivity index (χ0v) is 23.6. The molecule has 3 aromatic rings. The van der Waals surface area contributed by atoms with Gasteiger partial charge in [0.15, 0.2) is 0 Å². The van der Waals surface area contributed by atoms with Gasteiger partial charge in [-0.2, -0.15) is 0 Å². The summed E-state index contributed by atoms with van der Waals surface area (Å²) in [6.45, 7) is 19.4. The van der Waals surface area contributed by atoms with E-state index >= 15 is 0 Å². The number of hydrogen-bond donors (Lipinski definition) is 0. The molecule has 0 amide bonds. The van der Waals surface area contributed by atoms with Crippen LogP contribution in [-0.2, 0) is 0 Å². The van der Waals surface area contributed by atoms with Crippen LogP contribution in [0.4, 0.5) is 0 Å². The maximum atomic E-state index is 2.51. The van der Waals surface area contributed by atoms with Crippen LogP contribution >= 0.6 is 7.92 Å². The van der Waals surface area contributed by atoms with Gasteiger partial charge in [-0.3, -0.25) is 0 Å². The third-order valence-electron chi connectivity index (χ3n) is 8.40. The third kappa shape index (κ3) is 6.01. The summed E-state index contributed by atoms with van der Waals surface area (Å²) in [4.78, 5) is 0. The molecular weight excluding hydrogens is 427 g/mol. The van der Waals surface area contributed by atoms with Crippen LogP contribution in [0.25, 0.3) is 0 Å². The van der Waals surface area contributed by atoms with Crippen molar-refractivity contribution in [2.45, 2.75) is 66.2 Å². The minimum absolute atomic E-state index is 0.0259. The molecule has 3 atom stereocenters. The molecule has 3 unspecified atom stereocenters. The minimum atomic E-state index is -0.0861. The molecule has 1 heteroatoms. The van der Waals surface area contributed by atoms with Crippen molar-refractivity contribution in [2.24, 2.45) is 16.7 Å². The second kappa shape index (κ2) is 11.2. The number of hydrogen-bond acceptors (Lipinski definition) is 0. The highest BCUT2D eigenvalue weighted by atomic mass is 31.1. The fraction of sp³-hybridized carbons (Fsp3) is 0.455. The SMILES string of the molecule is CCC(C)C(C)(C)CC(c1ccccc1)C(C)(C)C(c1ccccc1)c1ccc(P(C)C)cc1. The first-order valence-electron chi connectivity index (χ1n) is 12.9. The Labute approximate surface area is 211 Å². The molecule has 0 nitrogen and oxygen atoms in total. The van der Waals surface area contributed by atoms with Crippen LogP contribution in [0.3, 0.4) is 0 Å². The van der Waals surface area contributed by atoms with Crippen molar-refractivity contribution in [3.05, 3.63) is 102 Å². The quantitative estimate of drug-likeness (QED) is 0.258. The first kappa shape index (κ1) is 26.7. The predicted octanol–water partition coefficient (Wildman–Crippen LogP) is 9.46. The Morgan fingerprint density at radius 3 is 1.62 bits per heavy atom. The molecule has 0 saturated carbocycles.